The van der Waals surface area contributed by atoms with Crippen LogP contribution in [0.1, 0.15) is 11.1 Å². The molecule has 1 amide bonds. The number of rotatable bonds is 5. The molecular weight excluding hydrogens is 398 g/mol. The van der Waals surface area contributed by atoms with Crippen LogP contribution in [0.15, 0.2) is 29.5 Å². The van der Waals surface area contributed by atoms with Crippen molar-refractivity contribution in [3.8, 4) is 0 Å². The van der Waals surface area contributed by atoms with Crippen LogP contribution >= 0.6 is 0 Å². The lowest BCUT2D eigenvalue weighted by Gasteiger charge is -2.18. The zero-order chi connectivity index (χ0) is 21.3. The fraction of sp³-hybridized carbons (Fsp3) is 0.375. The number of hydrogen-bond donors (Lipinski definition) is 2. The van der Waals surface area contributed by atoms with Gasteiger partial charge in [0.25, 0.3) is 5.91 Å². The number of nitrogens with zero attached hydrogens (tertiary/aromatic N) is 1. The van der Waals surface area contributed by atoms with Gasteiger partial charge in [0, 0.05) is 12.2 Å². The maximum atomic E-state index is 13.1. The third kappa shape index (κ3) is 4.38. The van der Waals surface area contributed by atoms with E-state index in [1.54, 1.807) is 0 Å². The number of ether oxygens (including phenoxy) is 1. The SMILES string of the molecule is COC(=O)C1=C(Nc2ccc(C(F)(F)F)c(C(F)(F)F)c2)C(=O)N(CCO)C1. The van der Waals surface area contributed by atoms with Crippen molar-refractivity contribution >= 4 is 17.6 Å². The zero-order valence-corrected chi connectivity index (χ0v) is 14.2. The first kappa shape index (κ1) is 21.5. The average Bonchev–Trinajstić information content (AvgIpc) is 2.89. The first-order valence-corrected chi connectivity index (χ1v) is 7.67. The van der Waals surface area contributed by atoms with Gasteiger partial charge in [-0.3, -0.25) is 4.79 Å². The Balaban J connectivity index is 2.48. The van der Waals surface area contributed by atoms with Crippen LogP contribution in [0.5, 0.6) is 0 Å². The van der Waals surface area contributed by atoms with Crippen LogP contribution in [0.3, 0.4) is 0 Å². The van der Waals surface area contributed by atoms with E-state index >= 15 is 0 Å². The number of β-amino-alcohol motifs (C(OH)–C–C–N with tert-alkyl or cyclic N) is 1. The Labute approximate surface area is 154 Å². The number of carbonyl (C=O) groups is 2. The van der Waals surface area contributed by atoms with Gasteiger partial charge in [0.05, 0.1) is 37.0 Å². The van der Waals surface area contributed by atoms with E-state index in [0.29, 0.717) is 6.07 Å². The molecule has 1 aromatic rings. The molecule has 0 saturated carbocycles. The van der Waals surface area contributed by atoms with E-state index < -0.39 is 53.3 Å². The van der Waals surface area contributed by atoms with Gasteiger partial charge < -0.3 is 20.1 Å². The Morgan fingerprint density at radius 2 is 1.79 bits per heavy atom. The topological polar surface area (TPSA) is 78.9 Å². The summed E-state index contributed by atoms with van der Waals surface area (Å²) in [5.41, 5.74) is -4.96. The summed E-state index contributed by atoms with van der Waals surface area (Å²) >= 11 is 0. The summed E-state index contributed by atoms with van der Waals surface area (Å²) in [5, 5.41) is 11.2. The number of nitrogens with one attached hydrogen (secondary N) is 1. The van der Waals surface area contributed by atoms with Gasteiger partial charge in [0.2, 0.25) is 0 Å². The lowest BCUT2D eigenvalue weighted by molar-refractivity contribution is -0.162. The molecule has 12 heteroatoms. The molecule has 1 aromatic carbocycles. The van der Waals surface area contributed by atoms with Gasteiger partial charge in [0.15, 0.2) is 0 Å². The summed E-state index contributed by atoms with van der Waals surface area (Å²) in [7, 11) is 1.02. The van der Waals surface area contributed by atoms with Gasteiger partial charge in [-0.05, 0) is 18.2 Å². The van der Waals surface area contributed by atoms with Crippen molar-refractivity contribution in [1.29, 1.82) is 0 Å². The minimum Gasteiger partial charge on any atom is -0.466 e. The zero-order valence-electron chi connectivity index (χ0n) is 14.2. The summed E-state index contributed by atoms with van der Waals surface area (Å²) in [4.78, 5) is 25.2. The number of halogens is 6. The summed E-state index contributed by atoms with van der Waals surface area (Å²) < 4.78 is 82.2. The third-order valence-electron chi connectivity index (χ3n) is 3.85. The van der Waals surface area contributed by atoms with Crippen LogP contribution in [0.4, 0.5) is 32.0 Å². The van der Waals surface area contributed by atoms with Gasteiger partial charge in [-0.15, -0.1) is 0 Å². The van der Waals surface area contributed by atoms with Crippen LogP contribution in [-0.4, -0.2) is 48.7 Å². The molecular formula is C16H14F6N2O4. The Kier molecular flexibility index (Phi) is 5.92. The minimum absolute atomic E-state index is 0.161. The lowest BCUT2D eigenvalue weighted by atomic mass is 10.1. The molecule has 2 N–H and O–H groups in total. The predicted molar refractivity (Wildman–Crippen MR) is 82.8 cm³/mol. The minimum atomic E-state index is -5.30. The fourth-order valence-electron chi connectivity index (χ4n) is 2.60. The first-order valence-electron chi connectivity index (χ1n) is 7.67. The first-order chi connectivity index (χ1) is 12.9. The fourth-order valence-corrected chi connectivity index (χ4v) is 2.60. The number of anilines is 1. The highest BCUT2D eigenvalue weighted by Crippen LogP contribution is 2.41. The molecule has 1 heterocycles. The van der Waals surface area contributed by atoms with E-state index in [1.165, 1.54) is 0 Å². The van der Waals surface area contributed by atoms with Crippen molar-refractivity contribution in [2.24, 2.45) is 0 Å². The molecule has 2 rings (SSSR count). The van der Waals surface area contributed by atoms with Gasteiger partial charge in [0.1, 0.15) is 5.70 Å². The summed E-state index contributed by atoms with van der Waals surface area (Å²) in [6.45, 7) is -0.877. The van der Waals surface area contributed by atoms with Crippen molar-refractivity contribution in [3.63, 3.8) is 0 Å². The van der Waals surface area contributed by atoms with Crippen molar-refractivity contribution in [2.75, 3.05) is 32.1 Å². The second-order valence-electron chi connectivity index (χ2n) is 5.68. The molecule has 1 aliphatic heterocycles. The second-order valence-corrected chi connectivity index (χ2v) is 5.68. The summed E-state index contributed by atoms with van der Waals surface area (Å²) in [5.74, 6) is -1.76. The maximum absolute atomic E-state index is 13.1. The summed E-state index contributed by atoms with van der Waals surface area (Å²) in [6.07, 6.45) is -10.5. The van der Waals surface area contributed by atoms with Gasteiger partial charge >= 0.3 is 18.3 Å². The highest BCUT2D eigenvalue weighted by Gasteiger charge is 2.43. The molecule has 154 valence electrons. The number of esters is 1. The molecule has 0 atom stereocenters. The van der Waals surface area contributed by atoms with Crippen molar-refractivity contribution in [3.05, 3.63) is 40.6 Å². The Morgan fingerprint density at radius 3 is 2.29 bits per heavy atom. The molecule has 6 nitrogen and oxygen atoms in total. The van der Waals surface area contributed by atoms with E-state index in [4.69, 9.17) is 5.11 Å². The van der Waals surface area contributed by atoms with Gasteiger partial charge in [-0.25, -0.2) is 4.79 Å². The van der Waals surface area contributed by atoms with E-state index in [-0.39, 0.29) is 30.8 Å². The molecule has 0 unspecified atom stereocenters. The van der Waals surface area contributed by atoms with Crippen molar-refractivity contribution in [2.45, 2.75) is 12.4 Å². The molecule has 0 aliphatic carbocycles. The molecule has 0 fully saturated rings. The number of benzene rings is 1. The van der Waals surface area contributed by atoms with E-state index in [9.17, 15) is 35.9 Å². The predicted octanol–water partition coefficient (Wildman–Crippen LogP) is 2.40. The quantitative estimate of drug-likeness (QED) is 0.574. The molecule has 0 bridgehead atoms. The van der Waals surface area contributed by atoms with E-state index in [0.717, 1.165) is 12.0 Å². The van der Waals surface area contributed by atoms with Gasteiger partial charge in [-0.2, -0.15) is 26.3 Å². The standard InChI is InChI=1S/C16H14F6N2O4/c1-28-14(27)9-7-24(4-5-25)13(26)12(9)23-8-2-3-10(15(17,18)19)11(6-8)16(20,21)22/h2-3,6,23,25H,4-5,7H2,1H3. The number of aliphatic hydroxyl groups is 1. The van der Waals surface area contributed by atoms with Crippen LogP contribution in [0.2, 0.25) is 0 Å². The number of carbonyl (C=O) groups excluding carboxylic acids is 2. The number of aliphatic hydroxyl groups excluding tert-OH is 1. The van der Waals surface area contributed by atoms with Crippen LogP contribution in [-0.2, 0) is 26.7 Å². The number of hydrogen-bond acceptors (Lipinski definition) is 5. The lowest BCUT2D eigenvalue weighted by Crippen LogP contribution is -2.31. The highest BCUT2D eigenvalue weighted by atomic mass is 19.4. The Bertz CT molecular complexity index is 816. The molecule has 0 saturated heterocycles. The Morgan fingerprint density at radius 1 is 1.18 bits per heavy atom. The molecule has 1 aliphatic rings. The smallest absolute Gasteiger partial charge is 0.417 e. The van der Waals surface area contributed by atoms with Crippen molar-refractivity contribution < 1.29 is 45.8 Å². The molecule has 28 heavy (non-hydrogen) atoms. The van der Waals surface area contributed by atoms with Crippen LogP contribution in [0.25, 0.3) is 0 Å². The Hall–Kier alpha value is -2.76. The van der Waals surface area contributed by atoms with E-state index in [1.807, 2.05) is 0 Å². The largest absolute Gasteiger partial charge is 0.466 e. The highest BCUT2D eigenvalue weighted by molar-refractivity contribution is 6.08. The average molecular weight is 412 g/mol. The molecule has 0 aromatic heterocycles. The third-order valence-corrected chi connectivity index (χ3v) is 3.85. The molecule has 0 radical (unpaired) electrons. The number of amides is 1. The number of alkyl halides is 6. The normalized spacial score (nSPS) is 15.3. The maximum Gasteiger partial charge on any atom is 0.417 e. The van der Waals surface area contributed by atoms with E-state index in [2.05, 4.69) is 10.1 Å². The molecule has 0 spiro atoms. The van der Waals surface area contributed by atoms with Crippen LogP contribution < -0.4 is 5.32 Å². The van der Waals surface area contributed by atoms with Crippen LogP contribution in [0, 0.1) is 0 Å². The second kappa shape index (κ2) is 7.70. The van der Waals surface area contributed by atoms with Crippen molar-refractivity contribution in [1.82, 2.24) is 4.90 Å². The summed E-state index contributed by atoms with van der Waals surface area (Å²) in [6, 6.07) is 1.14. The number of methoxy groups -OCH3 is 1. The van der Waals surface area contributed by atoms with Gasteiger partial charge in [-0.1, -0.05) is 0 Å². The monoisotopic (exact) mass is 412 g/mol.